The molecule has 2 aromatic carbocycles. The van der Waals surface area contributed by atoms with Crippen LogP contribution in [0, 0.1) is 17.6 Å². The number of thiazole rings is 1. The minimum Gasteiger partial charge on any atom is -0.346 e. The van der Waals surface area contributed by atoms with E-state index in [2.05, 4.69) is 10.3 Å². The van der Waals surface area contributed by atoms with Crippen LogP contribution in [0.4, 0.5) is 13.8 Å². The number of anilines is 1. The first kappa shape index (κ1) is 20.8. The number of halogens is 2. The predicted octanol–water partition coefficient (Wildman–Crippen LogP) is 3.37. The maximum Gasteiger partial charge on any atom is 0.280 e. The van der Waals surface area contributed by atoms with Crippen molar-refractivity contribution in [2.75, 3.05) is 11.9 Å². The van der Waals surface area contributed by atoms with E-state index >= 15 is 0 Å². The molecular formula is C22H17F2N3O3S. The third-order valence-electron chi connectivity index (χ3n) is 5.01. The Bertz CT molecular complexity index is 1180. The summed E-state index contributed by atoms with van der Waals surface area (Å²) >= 11 is 0.958. The van der Waals surface area contributed by atoms with Gasteiger partial charge in [-0.15, -0.1) is 0 Å². The van der Waals surface area contributed by atoms with Gasteiger partial charge in [-0.05, 0) is 29.7 Å². The van der Waals surface area contributed by atoms with Crippen LogP contribution in [0.25, 0.3) is 0 Å². The molecule has 1 aliphatic rings. The summed E-state index contributed by atoms with van der Waals surface area (Å²) in [5, 5.41) is 3.11. The summed E-state index contributed by atoms with van der Waals surface area (Å²) in [4.78, 5) is 43.7. The molecule has 0 spiro atoms. The number of Topliss-reactive ketones (excluding diaryl/α,β-unsaturated/α-hetero) is 1. The number of carbonyl (C=O) groups excluding carboxylic acids is 3. The number of aromatic nitrogens is 1. The number of ketones is 1. The second-order valence-electron chi connectivity index (χ2n) is 7.11. The van der Waals surface area contributed by atoms with E-state index < -0.39 is 35.1 Å². The molecule has 4 rings (SSSR count). The zero-order valence-electron chi connectivity index (χ0n) is 16.4. The molecule has 6 nitrogen and oxygen atoms in total. The zero-order valence-corrected chi connectivity index (χ0v) is 17.2. The van der Waals surface area contributed by atoms with Crippen molar-refractivity contribution >= 4 is 33.9 Å². The SMILES string of the molecule is CN1C(=O)C(Cc2ccc(F)c(F)c2)C(=O)c2nc(C(=O)NCc3ccccc3)sc21. The molecule has 31 heavy (non-hydrogen) atoms. The van der Waals surface area contributed by atoms with Gasteiger partial charge < -0.3 is 10.2 Å². The smallest absolute Gasteiger partial charge is 0.280 e. The average molecular weight is 441 g/mol. The molecule has 1 unspecified atom stereocenters. The van der Waals surface area contributed by atoms with Crippen molar-refractivity contribution in [3.63, 3.8) is 0 Å². The van der Waals surface area contributed by atoms with E-state index in [0.29, 0.717) is 17.1 Å². The first-order valence-electron chi connectivity index (χ1n) is 9.44. The number of hydrogen-bond donors (Lipinski definition) is 1. The third-order valence-corrected chi connectivity index (χ3v) is 6.14. The molecule has 0 radical (unpaired) electrons. The zero-order chi connectivity index (χ0) is 22.1. The highest BCUT2D eigenvalue weighted by molar-refractivity contribution is 7.18. The maximum atomic E-state index is 13.5. The second-order valence-corrected chi connectivity index (χ2v) is 8.09. The molecule has 0 aliphatic carbocycles. The van der Waals surface area contributed by atoms with Crippen LogP contribution in [0.15, 0.2) is 48.5 Å². The number of nitrogens with zero attached hydrogens (tertiary/aromatic N) is 2. The predicted molar refractivity (Wildman–Crippen MR) is 111 cm³/mol. The number of fused-ring (bicyclic) bond motifs is 1. The lowest BCUT2D eigenvalue weighted by Gasteiger charge is -2.27. The molecule has 1 aliphatic heterocycles. The standard InChI is InChI=1S/C22H17F2N3O3S/c1-27-21(30)14(9-13-7-8-15(23)16(24)10-13)18(28)17-22(27)31-20(26-17)19(29)25-11-12-5-3-2-4-6-12/h2-8,10,14H,9,11H2,1H3,(H,25,29). The van der Waals surface area contributed by atoms with Crippen LogP contribution in [-0.4, -0.2) is 29.6 Å². The first-order valence-corrected chi connectivity index (χ1v) is 10.3. The highest BCUT2D eigenvalue weighted by Gasteiger charge is 2.41. The van der Waals surface area contributed by atoms with Gasteiger partial charge in [0.25, 0.3) is 5.91 Å². The van der Waals surface area contributed by atoms with Crippen molar-refractivity contribution in [3.05, 3.63) is 82.0 Å². The van der Waals surface area contributed by atoms with E-state index in [4.69, 9.17) is 0 Å². The fourth-order valence-corrected chi connectivity index (χ4v) is 4.30. The molecule has 158 valence electrons. The minimum absolute atomic E-state index is 0.0320. The summed E-state index contributed by atoms with van der Waals surface area (Å²) in [6.07, 6.45) is -0.0916. The fraction of sp³-hybridized carbons (Fsp3) is 0.182. The van der Waals surface area contributed by atoms with E-state index in [1.807, 2.05) is 30.3 Å². The van der Waals surface area contributed by atoms with Crippen molar-refractivity contribution < 1.29 is 23.2 Å². The average Bonchev–Trinajstić information content (AvgIpc) is 3.23. The Morgan fingerprint density at radius 1 is 1.10 bits per heavy atom. The topological polar surface area (TPSA) is 79.4 Å². The van der Waals surface area contributed by atoms with E-state index in [1.165, 1.54) is 18.0 Å². The van der Waals surface area contributed by atoms with Crippen LogP contribution in [0.2, 0.25) is 0 Å². The molecule has 1 N–H and O–H groups in total. The van der Waals surface area contributed by atoms with Crippen molar-refractivity contribution in [1.82, 2.24) is 10.3 Å². The molecular weight excluding hydrogens is 424 g/mol. The Morgan fingerprint density at radius 2 is 1.84 bits per heavy atom. The van der Waals surface area contributed by atoms with Gasteiger partial charge in [-0.1, -0.05) is 47.7 Å². The van der Waals surface area contributed by atoms with Crippen LogP contribution in [0.1, 0.15) is 31.4 Å². The summed E-state index contributed by atoms with van der Waals surface area (Å²) in [6, 6.07) is 12.6. The van der Waals surface area contributed by atoms with Gasteiger partial charge in [-0.2, -0.15) is 0 Å². The largest absolute Gasteiger partial charge is 0.346 e. The Kier molecular flexibility index (Phi) is 5.60. The molecule has 1 aromatic heterocycles. The van der Waals surface area contributed by atoms with Crippen molar-refractivity contribution in [2.24, 2.45) is 5.92 Å². The minimum atomic E-state index is -1.12. The molecule has 2 amide bonds. The van der Waals surface area contributed by atoms with Crippen molar-refractivity contribution in [2.45, 2.75) is 13.0 Å². The summed E-state index contributed by atoms with van der Waals surface area (Å²) in [7, 11) is 1.50. The van der Waals surface area contributed by atoms with Crippen molar-refractivity contribution in [1.29, 1.82) is 0 Å². The number of amides is 2. The van der Waals surface area contributed by atoms with Gasteiger partial charge in [-0.25, -0.2) is 13.8 Å². The number of carbonyl (C=O) groups is 3. The highest BCUT2D eigenvalue weighted by Crippen LogP contribution is 2.36. The third kappa shape index (κ3) is 4.09. The van der Waals surface area contributed by atoms with Crippen LogP contribution >= 0.6 is 11.3 Å². The Balaban J connectivity index is 1.54. The first-order chi connectivity index (χ1) is 14.8. The molecule has 2 heterocycles. The normalized spacial score (nSPS) is 15.7. The van der Waals surface area contributed by atoms with Crippen LogP contribution < -0.4 is 10.2 Å². The molecule has 0 saturated carbocycles. The maximum absolute atomic E-state index is 13.5. The summed E-state index contributed by atoms with van der Waals surface area (Å²) in [5.74, 6) is -4.65. The van der Waals surface area contributed by atoms with E-state index in [9.17, 15) is 23.2 Å². The fourth-order valence-electron chi connectivity index (χ4n) is 3.34. The Morgan fingerprint density at radius 3 is 2.55 bits per heavy atom. The number of benzene rings is 2. The Hall–Kier alpha value is -3.46. The summed E-state index contributed by atoms with van der Waals surface area (Å²) in [6.45, 7) is 0.297. The van der Waals surface area contributed by atoms with Gasteiger partial charge >= 0.3 is 0 Å². The van der Waals surface area contributed by atoms with Gasteiger partial charge in [0, 0.05) is 13.6 Å². The molecule has 0 bridgehead atoms. The highest BCUT2D eigenvalue weighted by atomic mass is 32.1. The second kappa shape index (κ2) is 8.35. The van der Waals surface area contributed by atoms with Crippen LogP contribution in [0.5, 0.6) is 0 Å². The van der Waals surface area contributed by atoms with Gasteiger partial charge in [-0.3, -0.25) is 14.4 Å². The lowest BCUT2D eigenvalue weighted by atomic mass is 9.90. The van der Waals surface area contributed by atoms with Gasteiger partial charge in [0.2, 0.25) is 5.91 Å². The number of hydrogen-bond acceptors (Lipinski definition) is 5. The van der Waals surface area contributed by atoms with Crippen molar-refractivity contribution in [3.8, 4) is 0 Å². The van der Waals surface area contributed by atoms with E-state index in [0.717, 1.165) is 29.0 Å². The van der Waals surface area contributed by atoms with Crippen LogP contribution in [0.3, 0.4) is 0 Å². The molecule has 9 heteroatoms. The molecule has 0 fully saturated rings. The summed E-state index contributed by atoms with van der Waals surface area (Å²) < 4.78 is 26.7. The summed E-state index contributed by atoms with van der Waals surface area (Å²) in [5.41, 5.74) is 1.26. The quantitative estimate of drug-likeness (QED) is 0.616. The van der Waals surface area contributed by atoms with Gasteiger partial charge in [0.05, 0.1) is 0 Å². The van der Waals surface area contributed by atoms with Gasteiger partial charge in [0.1, 0.15) is 16.6 Å². The van der Waals surface area contributed by atoms with Crippen LogP contribution in [-0.2, 0) is 17.8 Å². The lowest BCUT2D eigenvalue weighted by Crippen LogP contribution is -2.43. The molecule has 1 atom stereocenters. The van der Waals surface area contributed by atoms with E-state index in [-0.39, 0.29) is 17.1 Å². The number of rotatable bonds is 5. The van der Waals surface area contributed by atoms with Gasteiger partial charge in [0.15, 0.2) is 22.4 Å². The number of nitrogens with one attached hydrogen (secondary N) is 1. The van der Waals surface area contributed by atoms with E-state index in [1.54, 1.807) is 0 Å². The lowest BCUT2D eigenvalue weighted by molar-refractivity contribution is -0.120. The molecule has 0 saturated heterocycles. The Labute approximate surface area is 180 Å². The molecule has 3 aromatic rings. The monoisotopic (exact) mass is 441 g/mol.